The van der Waals surface area contributed by atoms with Gasteiger partial charge in [0.1, 0.15) is 11.5 Å². The van der Waals surface area contributed by atoms with E-state index in [2.05, 4.69) is 17.2 Å². The minimum Gasteiger partial charge on any atom is -0.370 e. The first-order valence-corrected chi connectivity index (χ1v) is 8.00. The van der Waals surface area contributed by atoms with E-state index in [0.717, 1.165) is 28.0 Å². The van der Waals surface area contributed by atoms with Crippen molar-refractivity contribution in [1.29, 1.82) is 0 Å². The lowest BCUT2D eigenvalue weighted by Crippen LogP contribution is -2.26. The molecular weight excluding hydrogens is 306 g/mol. The number of thiophene rings is 1. The Morgan fingerprint density at radius 3 is 2.86 bits per heavy atom. The largest absolute Gasteiger partial charge is 0.370 e. The summed E-state index contributed by atoms with van der Waals surface area (Å²) in [5.41, 5.74) is 0.446. The highest BCUT2D eigenvalue weighted by Gasteiger charge is 2.14. The predicted molar refractivity (Wildman–Crippen MR) is 88.1 cm³/mol. The van der Waals surface area contributed by atoms with E-state index in [-0.39, 0.29) is 5.91 Å². The topological polar surface area (TPSA) is 45.2 Å². The fraction of sp³-hybridized carbons (Fsp3) is 0.333. The Morgan fingerprint density at radius 2 is 2.19 bits per heavy atom. The van der Waals surface area contributed by atoms with Crippen LogP contribution < -0.4 is 5.32 Å². The number of halogens is 1. The number of hydrogen-bond donors (Lipinski definition) is 1. The highest BCUT2D eigenvalue weighted by molar-refractivity contribution is 7.16. The summed E-state index contributed by atoms with van der Waals surface area (Å²) in [5, 5.41) is 3.18. The number of nitrogens with zero attached hydrogens (tertiary/aromatic N) is 2. The molecule has 2 heterocycles. The van der Waals surface area contributed by atoms with Crippen LogP contribution in [0.4, 0.5) is 5.82 Å². The number of anilines is 1. The molecule has 2 aromatic heterocycles. The number of amides is 1. The Kier molecular flexibility index (Phi) is 5.59. The molecule has 1 amide bonds. The Hall–Kier alpha value is -1.59. The second-order valence-electron chi connectivity index (χ2n) is 4.70. The van der Waals surface area contributed by atoms with Gasteiger partial charge in [0.15, 0.2) is 0 Å². The Morgan fingerprint density at radius 1 is 1.38 bits per heavy atom. The van der Waals surface area contributed by atoms with Crippen LogP contribution in [0.5, 0.6) is 0 Å². The third-order valence-electron chi connectivity index (χ3n) is 2.89. The Bertz CT molecular complexity index is 614. The quantitative estimate of drug-likeness (QED) is 0.877. The highest BCUT2D eigenvalue weighted by Crippen LogP contribution is 2.22. The molecule has 0 aliphatic rings. The summed E-state index contributed by atoms with van der Waals surface area (Å²) in [6.07, 6.45) is 1.01. The van der Waals surface area contributed by atoms with Crippen LogP contribution in [0.25, 0.3) is 0 Å². The molecule has 0 spiro atoms. The molecular formula is C15H18ClN3OS. The summed E-state index contributed by atoms with van der Waals surface area (Å²) in [6, 6.07) is 9.22. The summed E-state index contributed by atoms with van der Waals surface area (Å²) in [4.78, 5) is 19.4. The molecule has 0 fully saturated rings. The number of rotatable bonds is 6. The molecule has 0 saturated carbocycles. The number of pyridine rings is 1. The summed E-state index contributed by atoms with van der Waals surface area (Å²) < 4.78 is 0.731. The van der Waals surface area contributed by atoms with Crippen molar-refractivity contribution < 1.29 is 4.79 Å². The maximum atomic E-state index is 12.4. The lowest BCUT2D eigenvalue weighted by atomic mass is 10.3. The summed E-state index contributed by atoms with van der Waals surface area (Å²) >= 11 is 7.39. The van der Waals surface area contributed by atoms with Crippen LogP contribution in [0.1, 0.15) is 28.7 Å². The van der Waals surface area contributed by atoms with Gasteiger partial charge in [0.25, 0.3) is 5.91 Å². The van der Waals surface area contributed by atoms with E-state index in [1.165, 1.54) is 11.3 Å². The monoisotopic (exact) mass is 323 g/mol. The van der Waals surface area contributed by atoms with E-state index < -0.39 is 0 Å². The predicted octanol–water partition coefficient (Wildman–Crippen LogP) is 3.89. The molecule has 0 atom stereocenters. The molecule has 2 rings (SSSR count). The second-order valence-corrected chi connectivity index (χ2v) is 6.50. The molecule has 4 nitrogen and oxygen atoms in total. The minimum atomic E-state index is -0.0975. The van der Waals surface area contributed by atoms with Crippen molar-refractivity contribution in [3.05, 3.63) is 45.2 Å². The van der Waals surface area contributed by atoms with Gasteiger partial charge in [0.2, 0.25) is 0 Å². The summed E-state index contributed by atoms with van der Waals surface area (Å²) in [6.45, 7) is 3.46. The molecule has 0 aromatic carbocycles. The van der Waals surface area contributed by atoms with Gasteiger partial charge in [-0.3, -0.25) is 4.79 Å². The van der Waals surface area contributed by atoms with Crippen LogP contribution in [-0.2, 0) is 6.54 Å². The van der Waals surface area contributed by atoms with Gasteiger partial charge < -0.3 is 10.2 Å². The maximum Gasteiger partial charge on any atom is 0.272 e. The fourth-order valence-electron chi connectivity index (χ4n) is 1.84. The average Bonchev–Trinajstić information content (AvgIpc) is 2.89. The molecule has 0 saturated heterocycles. The Labute approximate surface area is 133 Å². The zero-order chi connectivity index (χ0) is 15.2. The smallest absolute Gasteiger partial charge is 0.272 e. The normalized spacial score (nSPS) is 10.4. The fourth-order valence-corrected chi connectivity index (χ4v) is 2.98. The number of hydrogen-bond acceptors (Lipinski definition) is 4. The van der Waals surface area contributed by atoms with Crippen LogP contribution in [0, 0.1) is 0 Å². The first kappa shape index (κ1) is 15.8. The van der Waals surface area contributed by atoms with Gasteiger partial charge in [-0.15, -0.1) is 11.3 Å². The van der Waals surface area contributed by atoms with E-state index in [0.29, 0.717) is 12.2 Å². The van der Waals surface area contributed by atoms with Crippen LogP contribution in [-0.4, -0.2) is 29.4 Å². The summed E-state index contributed by atoms with van der Waals surface area (Å²) in [5.74, 6) is 0.634. The van der Waals surface area contributed by atoms with Crippen molar-refractivity contribution in [3.8, 4) is 0 Å². The highest BCUT2D eigenvalue weighted by atomic mass is 35.5. The van der Waals surface area contributed by atoms with Gasteiger partial charge in [0.05, 0.1) is 10.9 Å². The lowest BCUT2D eigenvalue weighted by Gasteiger charge is -2.16. The summed E-state index contributed by atoms with van der Waals surface area (Å²) in [7, 11) is 1.77. The number of carbonyl (C=O) groups excluding carboxylic acids is 1. The van der Waals surface area contributed by atoms with Crippen molar-refractivity contribution in [2.75, 3.05) is 18.9 Å². The van der Waals surface area contributed by atoms with Crippen LogP contribution in [0.15, 0.2) is 30.3 Å². The third kappa shape index (κ3) is 4.44. The van der Waals surface area contributed by atoms with Crippen LogP contribution in [0.3, 0.4) is 0 Å². The molecule has 0 bridgehead atoms. The van der Waals surface area contributed by atoms with Crippen molar-refractivity contribution in [2.24, 2.45) is 0 Å². The van der Waals surface area contributed by atoms with Crippen LogP contribution >= 0.6 is 22.9 Å². The van der Waals surface area contributed by atoms with Gasteiger partial charge in [-0.1, -0.05) is 24.6 Å². The second kappa shape index (κ2) is 7.43. The molecule has 0 aliphatic heterocycles. The lowest BCUT2D eigenvalue weighted by molar-refractivity contribution is 0.0781. The first-order valence-electron chi connectivity index (χ1n) is 6.80. The Balaban J connectivity index is 2.04. The zero-order valence-electron chi connectivity index (χ0n) is 12.1. The molecule has 0 radical (unpaired) electrons. The zero-order valence-corrected chi connectivity index (χ0v) is 13.7. The SMILES string of the molecule is CCCNc1cccc(C(=O)N(C)Cc2ccc(Cl)s2)n1. The molecule has 2 aromatic rings. The van der Waals surface area contributed by atoms with E-state index in [9.17, 15) is 4.79 Å². The van der Waals surface area contributed by atoms with E-state index >= 15 is 0 Å². The van der Waals surface area contributed by atoms with E-state index in [1.54, 1.807) is 18.0 Å². The first-order chi connectivity index (χ1) is 10.1. The molecule has 112 valence electrons. The molecule has 0 unspecified atom stereocenters. The number of carbonyl (C=O) groups is 1. The molecule has 1 N–H and O–H groups in total. The van der Waals surface area contributed by atoms with Crippen molar-refractivity contribution in [2.45, 2.75) is 19.9 Å². The van der Waals surface area contributed by atoms with Gasteiger partial charge in [-0.2, -0.15) is 0 Å². The van der Waals surface area contributed by atoms with E-state index in [4.69, 9.17) is 11.6 Å². The average molecular weight is 324 g/mol. The minimum absolute atomic E-state index is 0.0975. The molecule has 6 heteroatoms. The van der Waals surface area contributed by atoms with Gasteiger partial charge in [-0.05, 0) is 30.7 Å². The van der Waals surface area contributed by atoms with Crippen molar-refractivity contribution in [1.82, 2.24) is 9.88 Å². The van der Waals surface area contributed by atoms with Crippen molar-refractivity contribution >= 4 is 34.7 Å². The molecule has 21 heavy (non-hydrogen) atoms. The maximum absolute atomic E-state index is 12.4. The van der Waals surface area contributed by atoms with Gasteiger partial charge >= 0.3 is 0 Å². The van der Waals surface area contributed by atoms with Gasteiger partial charge in [-0.25, -0.2) is 4.98 Å². The molecule has 0 aliphatic carbocycles. The van der Waals surface area contributed by atoms with E-state index in [1.807, 2.05) is 24.3 Å². The van der Waals surface area contributed by atoms with Crippen LogP contribution in [0.2, 0.25) is 4.34 Å². The van der Waals surface area contributed by atoms with Crippen molar-refractivity contribution in [3.63, 3.8) is 0 Å². The standard InChI is InChI=1S/C15H18ClN3OS/c1-3-9-17-14-6-4-5-12(18-14)15(20)19(2)10-11-7-8-13(16)21-11/h4-8H,3,9-10H2,1-2H3,(H,17,18). The van der Waals surface area contributed by atoms with Gasteiger partial charge in [0, 0.05) is 18.5 Å². The number of aromatic nitrogens is 1. The third-order valence-corrected chi connectivity index (χ3v) is 4.11. The number of nitrogens with one attached hydrogen (secondary N) is 1.